The van der Waals surface area contributed by atoms with Crippen LogP contribution in [-0.2, 0) is 11.3 Å². The molecule has 0 bridgehead atoms. The average Bonchev–Trinajstić information content (AvgIpc) is 2.67. The molecule has 6 nitrogen and oxygen atoms in total. The van der Waals surface area contributed by atoms with Crippen molar-refractivity contribution in [3.8, 4) is 0 Å². The molecule has 1 aliphatic rings. The maximum absolute atomic E-state index is 5.40. The molecule has 1 fully saturated rings. The van der Waals surface area contributed by atoms with Crippen LogP contribution in [0.25, 0.3) is 0 Å². The number of nitrogens with zero attached hydrogens (tertiary/aromatic N) is 4. The molecule has 1 aliphatic heterocycles. The molecule has 2 aromatic rings. The predicted molar refractivity (Wildman–Crippen MR) is 106 cm³/mol. The summed E-state index contributed by atoms with van der Waals surface area (Å²) in [4.78, 5) is 14.0. The van der Waals surface area contributed by atoms with Crippen LogP contribution in [0, 0.1) is 6.92 Å². The third-order valence-corrected chi connectivity index (χ3v) is 4.56. The minimum Gasteiger partial charge on any atom is -0.379 e. The number of aromatic nitrogens is 2. The Morgan fingerprint density at radius 1 is 1.15 bits per heavy atom. The van der Waals surface area contributed by atoms with E-state index in [0.29, 0.717) is 0 Å². The molecule has 140 valence electrons. The summed E-state index contributed by atoms with van der Waals surface area (Å²) >= 11 is 0. The molecule has 2 heterocycles. The van der Waals surface area contributed by atoms with Crippen LogP contribution in [0.2, 0.25) is 0 Å². The third kappa shape index (κ3) is 5.41. The third-order valence-electron chi connectivity index (χ3n) is 4.56. The Morgan fingerprint density at radius 3 is 2.65 bits per heavy atom. The van der Waals surface area contributed by atoms with Crippen LogP contribution in [0.3, 0.4) is 0 Å². The van der Waals surface area contributed by atoms with Crippen LogP contribution < -0.4 is 10.2 Å². The highest BCUT2D eigenvalue weighted by molar-refractivity contribution is 5.44. The van der Waals surface area contributed by atoms with Gasteiger partial charge in [-0.25, -0.2) is 4.98 Å². The van der Waals surface area contributed by atoms with Crippen molar-refractivity contribution in [3.05, 3.63) is 47.7 Å². The van der Waals surface area contributed by atoms with Crippen molar-refractivity contribution < 1.29 is 4.74 Å². The lowest BCUT2D eigenvalue weighted by Gasteiger charge is -2.26. The summed E-state index contributed by atoms with van der Waals surface area (Å²) in [5.41, 5.74) is 2.25. The van der Waals surface area contributed by atoms with E-state index in [9.17, 15) is 0 Å². The highest BCUT2D eigenvalue weighted by Crippen LogP contribution is 2.16. The summed E-state index contributed by atoms with van der Waals surface area (Å²) in [7, 11) is 0. The monoisotopic (exact) mass is 355 g/mol. The fraction of sp³-hybridized carbons (Fsp3) is 0.500. The van der Waals surface area contributed by atoms with E-state index in [0.717, 1.165) is 69.9 Å². The van der Waals surface area contributed by atoms with E-state index in [2.05, 4.69) is 51.3 Å². The van der Waals surface area contributed by atoms with Crippen LogP contribution in [-0.4, -0.2) is 60.8 Å². The van der Waals surface area contributed by atoms with Crippen molar-refractivity contribution in [2.45, 2.75) is 20.4 Å². The number of ether oxygens (including phenoxy) is 1. The molecule has 0 unspecified atom stereocenters. The average molecular weight is 355 g/mol. The van der Waals surface area contributed by atoms with Gasteiger partial charge in [-0.2, -0.15) is 4.98 Å². The number of morpholine rings is 1. The lowest BCUT2D eigenvalue weighted by atomic mass is 10.2. The molecule has 26 heavy (non-hydrogen) atoms. The van der Waals surface area contributed by atoms with Gasteiger partial charge in [-0.3, -0.25) is 4.90 Å². The minimum absolute atomic E-state index is 0.783. The smallest absolute Gasteiger partial charge is 0.227 e. The minimum atomic E-state index is 0.783. The summed E-state index contributed by atoms with van der Waals surface area (Å²) in [6.45, 7) is 11.4. The Kier molecular flexibility index (Phi) is 6.80. The summed E-state index contributed by atoms with van der Waals surface area (Å²) in [5, 5.41) is 3.46. The SMILES string of the molecule is CCN(Cc1ccccc1)c1nc(C)cc(NCCN2CCOCC2)n1. The molecule has 0 amide bonds. The second kappa shape index (κ2) is 9.50. The molecule has 0 aliphatic carbocycles. The van der Waals surface area contributed by atoms with Crippen molar-refractivity contribution in [1.82, 2.24) is 14.9 Å². The molecule has 0 saturated carbocycles. The molecule has 6 heteroatoms. The van der Waals surface area contributed by atoms with Gasteiger partial charge in [-0.05, 0) is 19.4 Å². The Bertz CT molecular complexity index is 673. The topological polar surface area (TPSA) is 53.5 Å². The van der Waals surface area contributed by atoms with Crippen molar-refractivity contribution in [1.29, 1.82) is 0 Å². The lowest BCUT2D eigenvalue weighted by molar-refractivity contribution is 0.0398. The first-order chi connectivity index (χ1) is 12.7. The maximum atomic E-state index is 5.40. The fourth-order valence-corrected chi connectivity index (χ4v) is 3.08. The summed E-state index contributed by atoms with van der Waals surface area (Å²) in [5.74, 6) is 1.68. The van der Waals surface area contributed by atoms with Gasteiger partial charge in [0.2, 0.25) is 5.95 Å². The Hall–Kier alpha value is -2.18. The van der Waals surface area contributed by atoms with Gasteiger partial charge in [-0.15, -0.1) is 0 Å². The fourth-order valence-electron chi connectivity index (χ4n) is 3.08. The van der Waals surface area contributed by atoms with Crippen molar-refractivity contribution >= 4 is 11.8 Å². The summed E-state index contributed by atoms with van der Waals surface area (Å²) in [6, 6.07) is 12.5. The zero-order chi connectivity index (χ0) is 18.2. The molecule has 0 atom stereocenters. The molecule has 1 N–H and O–H groups in total. The normalized spacial score (nSPS) is 15.0. The van der Waals surface area contributed by atoms with Crippen molar-refractivity contribution in [2.75, 3.05) is 56.2 Å². The highest BCUT2D eigenvalue weighted by atomic mass is 16.5. The molecule has 0 spiro atoms. The lowest BCUT2D eigenvalue weighted by Crippen LogP contribution is -2.39. The van der Waals surface area contributed by atoms with Crippen molar-refractivity contribution in [2.24, 2.45) is 0 Å². The van der Waals surface area contributed by atoms with Crippen LogP contribution in [0.5, 0.6) is 0 Å². The number of benzene rings is 1. The van der Waals surface area contributed by atoms with E-state index in [1.54, 1.807) is 0 Å². The van der Waals surface area contributed by atoms with E-state index in [1.165, 1.54) is 5.56 Å². The molecule has 3 rings (SSSR count). The zero-order valence-electron chi connectivity index (χ0n) is 15.8. The van der Waals surface area contributed by atoms with Crippen LogP contribution in [0.15, 0.2) is 36.4 Å². The summed E-state index contributed by atoms with van der Waals surface area (Å²) < 4.78 is 5.40. The highest BCUT2D eigenvalue weighted by Gasteiger charge is 2.12. The van der Waals surface area contributed by atoms with Gasteiger partial charge >= 0.3 is 0 Å². The zero-order valence-corrected chi connectivity index (χ0v) is 15.8. The van der Waals surface area contributed by atoms with Gasteiger partial charge < -0.3 is 15.0 Å². The van der Waals surface area contributed by atoms with Gasteiger partial charge in [0.15, 0.2) is 0 Å². The Morgan fingerprint density at radius 2 is 1.92 bits per heavy atom. The molecular weight excluding hydrogens is 326 g/mol. The van der Waals surface area contributed by atoms with Crippen LogP contribution in [0.1, 0.15) is 18.2 Å². The van der Waals surface area contributed by atoms with E-state index >= 15 is 0 Å². The first-order valence-electron chi connectivity index (χ1n) is 9.43. The quantitative estimate of drug-likeness (QED) is 0.785. The standard InChI is InChI=1S/C20H29N5O/c1-3-25(16-18-7-5-4-6-8-18)20-22-17(2)15-19(23-20)21-9-10-24-11-13-26-14-12-24/h4-8,15H,3,9-14,16H2,1-2H3,(H,21,22,23). The van der Waals surface area contributed by atoms with Gasteiger partial charge in [-0.1, -0.05) is 30.3 Å². The number of rotatable bonds is 8. The molecule has 0 radical (unpaired) electrons. The number of hydrogen-bond donors (Lipinski definition) is 1. The van der Waals surface area contributed by atoms with E-state index in [1.807, 2.05) is 19.1 Å². The van der Waals surface area contributed by atoms with E-state index < -0.39 is 0 Å². The number of nitrogens with one attached hydrogen (secondary N) is 1. The van der Waals surface area contributed by atoms with Crippen molar-refractivity contribution in [3.63, 3.8) is 0 Å². The Labute approximate surface area is 156 Å². The number of anilines is 2. The summed E-state index contributed by atoms with van der Waals surface area (Å²) in [6.07, 6.45) is 0. The van der Waals surface area contributed by atoms with Crippen LogP contribution >= 0.6 is 0 Å². The molecular formula is C20H29N5O. The Balaban J connectivity index is 1.61. The molecule has 1 aromatic heterocycles. The van der Waals surface area contributed by atoms with Gasteiger partial charge in [0.25, 0.3) is 0 Å². The molecule has 1 saturated heterocycles. The van der Waals surface area contributed by atoms with E-state index in [4.69, 9.17) is 9.72 Å². The van der Waals surface area contributed by atoms with Gasteiger partial charge in [0, 0.05) is 51.0 Å². The maximum Gasteiger partial charge on any atom is 0.227 e. The van der Waals surface area contributed by atoms with Gasteiger partial charge in [0.1, 0.15) is 5.82 Å². The van der Waals surface area contributed by atoms with Gasteiger partial charge in [0.05, 0.1) is 13.2 Å². The first kappa shape index (κ1) is 18.6. The first-order valence-corrected chi connectivity index (χ1v) is 9.43. The number of hydrogen-bond acceptors (Lipinski definition) is 6. The second-order valence-corrected chi connectivity index (χ2v) is 6.58. The largest absolute Gasteiger partial charge is 0.379 e. The number of aryl methyl sites for hydroxylation is 1. The molecule has 1 aromatic carbocycles. The predicted octanol–water partition coefficient (Wildman–Crippen LogP) is 2.56. The second-order valence-electron chi connectivity index (χ2n) is 6.58. The van der Waals surface area contributed by atoms with E-state index in [-0.39, 0.29) is 0 Å². The van der Waals surface area contributed by atoms with Crippen LogP contribution in [0.4, 0.5) is 11.8 Å².